The summed E-state index contributed by atoms with van der Waals surface area (Å²) in [5.74, 6) is 0.234. The number of nitrogens with one attached hydrogen (secondary N) is 1. The van der Waals surface area contributed by atoms with E-state index in [0.29, 0.717) is 11.6 Å². The maximum atomic E-state index is 12.2. The fourth-order valence-corrected chi connectivity index (χ4v) is 1.84. The van der Waals surface area contributed by atoms with Gasteiger partial charge in [0, 0.05) is 25.7 Å². The van der Waals surface area contributed by atoms with Gasteiger partial charge in [-0.1, -0.05) is 29.8 Å². The van der Waals surface area contributed by atoms with Crippen molar-refractivity contribution in [3.63, 3.8) is 0 Å². The molecule has 22 heavy (non-hydrogen) atoms. The molecular weight excluding hydrogens is 434 g/mol. The predicted molar refractivity (Wildman–Crippen MR) is 91.8 cm³/mol. The van der Waals surface area contributed by atoms with E-state index >= 15 is 0 Å². The molecule has 0 heterocycles. The number of rotatable bonds is 4. The van der Waals surface area contributed by atoms with Crippen molar-refractivity contribution >= 4 is 41.5 Å². The summed E-state index contributed by atoms with van der Waals surface area (Å²) in [4.78, 5) is 5.49. The zero-order valence-corrected chi connectivity index (χ0v) is 15.1. The van der Waals surface area contributed by atoms with E-state index < -0.39 is 18.8 Å². The van der Waals surface area contributed by atoms with Crippen LogP contribution in [0.2, 0.25) is 5.02 Å². The molecule has 0 radical (unpaired) electrons. The van der Waals surface area contributed by atoms with E-state index in [1.807, 2.05) is 12.1 Å². The Labute approximate surface area is 149 Å². The molecule has 4 nitrogen and oxygen atoms in total. The zero-order valence-electron chi connectivity index (χ0n) is 12.1. The summed E-state index contributed by atoms with van der Waals surface area (Å²) in [6.45, 7) is -0.287. The van der Waals surface area contributed by atoms with Crippen molar-refractivity contribution in [3.8, 4) is 0 Å². The van der Waals surface area contributed by atoms with E-state index in [4.69, 9.17) is 16.7 Å². The highest BCUT2D eigenvalue weighted by atomic mass is 127. The Balaban J connectivity index is 0.00000441. The SMILES string of the molecule is CN=C(NCC(O)C(F)(F)F)N(C)Cc1ccccc1Cl.I. The Kier molecular flexibility index (Phi) is 9.09. The van der Waals surface area contributed by atoms with Crippen LogP contribution in [0, 0.1) is 0 Å². The number of aliphatic hydroxyl groups excluding tert-OH is 1. The highest BCUT2D eigenvalue weighted by Gasteiger charge is 2.38. The highest BCUT2D eigenvalue weighted by molar-refractivity contribution is 14.0. The Morgan fingerprint density at radius 2 is 2.00 bits per heavy atom. The second-order valence-electron chi connectivity index (χ2n) is 4.43. The Morgan fingerprint density at radius 1 is 1.41 bits per heavy atom. The molecule has 0 aliphatic rings. The van der Waals surface area contributed by atoms with Crippen molar-refractivity contribution in [1.82, 2.24) is 10.2 Å². The van der Waals surface area contributed by atoms with Crippen LogP contribution in [0.25, 0.3) is 0 Å². The largest absolute Gasteiger partial charge is 0.416 e. The highest BCUT2D eigenvalue weighted by Crippen LogP contribution is 2.19. The molecule has 1 rings (SSSR count). The van der Waals surface area contributed by atoms with Gasteiger partial charge in [0.2, 0.25) is 0 Å². The zero-order chi connectivity index (χ0) is 16.0. The van der Waals surface area contributed by atoms with Gasteiger partial charge in [-0.15, -0.1) is 24.0 Å². The van der Waals surface area contributed by atoms with E-state index in [2.05, 4.69) is 10.3 Å². The summed E-state index contributed by atoms with van der Waals surface area (Å²) >= 11 is 6.03. The lowest BCUT2D eigenvalue weighted by atomic mass is 10.2. The van der Waals surface area contributed by atoms with E-state index in [9.17, 15) is 13.2 Å². The second kappa shape index (κ2) is 9.41. The standard InChI is InChI=1S/C13H17ClF3N3O.HI/c1-18-12(19-7-11(21)13(15,16)17)20(2)8-9-5-3-4-6-10(9)14;/h3-6,11,21H,7-8H2,1-2H3,(H,18,19);1H. The lowest BCUT2D eigenvalue weighted by molar-refractivity contribution is -0.201. The minimum absolute atomic E-state index is 0. The number of guanidine groups is 1. The van der Waals surface area contributed by atoms with Crippen LogP contribution in [0.15, 0.2) is 29.3 Å². The number of hydrogen-bond acceptors (Lipinski definition) is 2. The molecule has 0 aliphatic carbocycles. The number of halogens is 5. The van der Waals surface area contributed by atoms with Crippen LogP contribution in [0.5, 0.6) is 0 Å². The molecular formula is C13H18ClF3IN3O. The van der Waals surface area contributed by atoms with Crippen LogP contribution in [0.4, 0.5) is 13.2 Å². The molecule has 1 unspecified atom stereocenters. The van der Waals surface area contributed by atoms with E-state index in [0.717, 1.165) is 5.56 Å². The Hall–Kier alpha value is -0.740. The summed E-state index contributed by atoms with van der Waals surface area (Å²) in [5.41, 5.74) is 0.820. The van der Waals surface area contributed by atoms with Crippen molar-refractivity contribution in [1.29, 1.82) is 0 Å². The molecule has 1 aromatic rings. The molecule has 126 valence electrons. The first-order valence-corrected chi connectivity index (χ1v) is 6.53. The normalized spacial score (nSPS) is 13.3. The van der Waals surface area contributed by atoms with Gasteiger partial charge < -0.3 is 15.3 Å². The van der Waals surface area contributed by atoms with Crippen molar-refractivity contribution in [2.24, 2.45) is 4.99 Å². The maximum Gasteiger partial charge on any atom is 0.416 e. The third-order valence-corrected chi connectivity index (χ3v) is 3.14. The molecule has 0 saturated carbocycles. The van der Waals surface area contributed by atoms with Gasteiger partial charge in [-0.25, -0.2) is 0 Å². The van der Waals surface area contributed by atoms with Crippen molar-refractivity contribution in [2.75, 3.05) is 20.6 Å². The molecule has 1 aromatic carbocycles. The first-order valence-electron chi connectivity index (χ1n) is 6.15. The number of hydrogen-bond donors (Lipinski definition) is 2. The summed E-state index contributed by atoms with van der Waals surface area (Å²) in [7, 11) is 3.12. The third-order valence-electron chi connectivity index (χ3n) is 2.77. The first-order chi connectivity index (χ1) is 9.75. The minimum atomic E-state index is -4.66. The lowest BCUT2D eigenvalue weighted by Crippen LogP contribution is -2.45. The van der Waals surface area contributed by atoms with Crippen molar-refractivity contribution in [2.45, 2.75) is 18.8 Å². The van der Waals surface area contributed by atoms with Crippen LogP contribution in [0.3, 0.4) is 0 Å². The molecule has 0 amide bonds. The Bertz CT molecular complexity index is 500. The Morgan fingerprint density at radius 3 is 2.50 bits per heavy atom. The van der Waals surface area contributed by atoms with Gasteiger partial charge in [0.1, 0.15) is 0 Å². The van der Waals surface area contributed by atoms with Crippen LogP contribution in [-0.4, -0.2) is 48.9 Å². The molecule has 0 aliphatic heterocycles. The second-order valence-corrected chi connectivity index (χ2v) is 4.84. The number of aliphatic imine (C=N–C) groups is 1. The molecule has 2 N–H and O–H groups in total. The quantitative estimate of drug-likeness (QED) is 0.420. The summed E-state index contributed by atoms with van der Waals surface area (Å²) in [5, 5.41) is 12.0. The molecule has 0 saturated heterocycles. The average Bonchev–Trinajstić information content (AvgIpc) is 2.40. The summed E-state index contributed by atoms with van der Waals surface area (Å²) in [6, 6.07) is 7.16. The number of nitrogens with zero attached hydrogens (tertiary/aromatic N) is 2. The first kappa shape index (κ1) is 21.3. The van der Waals surface area contributed by atoms with Crippen molar-refractivity contribution in [3.05, 3.63) is 34.9 Å². The fraction of sp³-hybridized carbons (Fsp3) is 0.462. The summed E-state index contributed by atoms with van der Waals surface area (Å²) in [6.07, 6.45) is -7.10. The molecule has 9 heteroatoms. The van der Waals surface area contributed by atoms with Gasteiger partial charge in [-0.05, 0) is 11.6 Å². The van der Waals surface area contributed by atoms with Crippen molar-refractivity contribution < 1.29 is 18.3 Å². The third kappa shape index (κ3) is 6.57. The van der Waals surface area contributed by atoms with Gasteiger partial charge in [-0.3, -0.25) is 4.99 Å². The smallest absolute Gasteiger partial charge is 0.382 e. The van der Waals surface area contributed by atoms with E-state index in [1.54, 1.807) is 24.1 Å². The molecule has 0 bridgehead atoms. The van der Waals surface area contributed by atoms with Gasteiger partial charge in [0.05, 0.1) is 6.54 Å². The van der Waals surface area contributed by atoms with Crippen LogP contribution in [0.1, 0.15) is 5.56 Å². The minimum Gasteiger partial charge on any atom is -0.382 e. The van der Waals surface area contributed by atoms with Gasteiger partial charge in [-0.2, -0.15) is 13.2 Å². The molecule has 0 fully saturated rings. The lowest BCUT2D eigenvalue weighted by Gasteiger charge is -2.24. The van der Waals surface area contributed by atoms with Gasteiger partial charge in [0.25, 0.3) is 0 Å². The number of benzene rings is 1. The molecule has 0 spiro atoms. The maximum absolute atomic E-state index is 12.2. The topological polar surface area (TPSA) is 47.9 Å². The van der Waals surface area contributed by atoms with E-state index in [-0.39, 0.29) is 29.9 Å². The monoisotopic (exact) mass is 451 g/mol. The summed E-state index contributed by atoms with van der Waals surface area (Å²) < 4.78 is 36.7. The molecule has 0 aromatic heterocycles. The number of aliphatic hydroxyl groups is 1. The van der Waals surface area contributed by atoms with Gasteiger partial charge in [0.15, 0.2) is 12.1 Å². The van der Waals surface area contributed by atoms with Crippen LogP contribution >= 0.6 is 35.6 Å². The average molecular weight is 452 g/mol. The predicted octanol–water partition coefficient (Wildman–Crippen LogP) is 2.89. The fourth-order valence-electron chi connectivity index (χ4n) is 1.65. The number of alkyl halides is 3. The van der Waals surface area contributed by atoms with E-state index in [1.165, 1.54) is 7.05 Å². The van der Waals surface area contributed by atoms with Crippen LogP contribution in [-0.2, 0) is 6.54 Å². The molecule has 1 atom stereocenters. The van der Waals surface area contributed by atoms with Crippen LogP contribution < -0.4 is 5.32 Å². The van der Waals surface area contributed by atoms with Gasteiger partial charge >= 0.3 is 6.18 Å².